The third kappa shape index (κ3) is 2.08. The van der Waals surface area contributed by atoms with E-state index in [1.165, 1.54) is 19.2 Å². The molecule has 5 heteroatoms. The molecule has 3 N–H and O–H groups in total. The number of nitrogens with two attached hydrogens (primary N) is 1. The van der Waals surface area contributed by atoms with Crippen LogP contribution in [0.1, 0.15) is 11.7 Å². The van der Waals surface area contributed by atoms with E-state index in [9.17, 15) is 9.50 Å². The van der Waals surface area contributed by atoms with Crippen LogP contribution in [-0.2, 0) is 0 Å². The summed E-state index contributed by atoms with van der Waals surface area (Å²) in [6.07, 6.45) is -1.44. The molecule has 0 fully saturated rings. The SMILES string of the molecule is COc1cc(Cl)cc(C(F)CN)c1O. The van der Waals surface area contributed by atoms with E-state index in [0.29, 0.717) is 5.02 Å². The summed E-state index contributed by atoms with van der Waals surface area (Å²) in [7, 11) is 1.37. The average Bonchev–Trinajstić information content (AvgIpc) is 2.19. The van der Waals surface area contributed by atoms with E-state index in [-0.39, 0.29) is 23.6 Å². The smallest absolute Gasteiger partial charge is 0.164 e. The molecular formula is C9H11ClFNO2. The molecule has 14 heavy (non-hydrogen) atoms. The normalized spacial score (nSPS) is 12.6. The summed E-state index contributed by atoms with van der Waals surface area (Å²) in [5.74, 6) is -0.113. The van der Waals surface area contributed by atoms with Crippen molar-refractivity contribution in [2.75, 3.05) is 13.7 Å². The van der Waals surface area contributed by atoms with Crippen LogP contribution in [-0.4, -0.2) is 18.8 Å². The molecule has 1 unspecified atom stereocenters. The molecule has 0 radical (unpaired) electrons. The average molecular weight is 220 g/mol. The van der Waals surface area contributed by atoms with E-state index in [1.807, 2.05) is 0 Å². The molecule has 0 spiro atoms. The summed E-state index contributed by atoms with van der Waals surface area (Å²) in [5.41, 5.74) is 5.20. The molecule has 1 atom stereocenters. The Morgan fingerprint density at radius 3 is 2.79 bits per heavy atom. The fraction of sp³-hybridized carbons (Fsp3) is 0.333. The molecular weight excluding hydrogens is 209 g/mol. The van der Waals surface area contributed by atoms with Gasteiger partial charge in [-0.05, 0) is 6.07 Å². The first-order chi connectivity index (χ1) is 6.60. The van der Waals surface area contributed by atoms with Crippen LogP contribution in [0.15, 0.2) is 12.1 Å². The highest BCUT2D eigenvalue weighted by molar-refractivity contribution is 6.30. The Balaban J connectivity index is 3.21. The number of rotatable bonds is 3. The standard InChI is InChI=1S/C9H11ClFNO2/c1-14-8-3-5(10)2-6(9(8)13)7(11)4-12/h2-3,7,13H,4,12H2,1H3. The Morgan fingerprint density at radius 2 is 2.29 bits per heavy atom. The minimum atomic E-state index is -1.44. The van der Waals surface area contributed by atoms with Gasteiger partial charge in [0, 0.05) is 23.2 Å². The van der Waals surface area contributed by atoms with Crippen molar-refractivity contribution in [3.05, 3.63) is 22.7 Å². The molecule has 0 aliphatic rings. The van der Waals surface area contributed by atoms with Crippen molar-refractivity contribution < 1.29 is 14.2 Å². The maximum absolute atomic E-state index is 13.2. The maximum atomic E-state index is 13.2. The third-order valence-corrected chi connectivity index (χ3v) is 2.05. The largest absolute Gasteiger partial charge is 0.504 e. The summed E-state index contributed by atoms with van der Waals surface area (Å²) in [5, 5.41) is 9.83. The van der Waals surface area contributed by atoms with Gasteiger partial charge >= 0.3 is 0 Å². The minimum absolute atomic E-state index is 0.0526. The molecule has 1 aromatic rings. The molecule has 0 heterocycles. The fourth-order valence-corrected chi connectivity index (χ4v) is 1.33. The predicted molar refractivity (Wildman–Crippen MR) is 52.6 cm³/mol. The molecule has 0 aromatic heterocycles. The number of benzene rings is 1. The van der Waals surface area contributed by atoms with Crippen molar-refractivity contribution in [1.29, 1.82) is 0 Å². The number of ether oxygens (including phenoxy) is 1. The van der Waals surface area contributed by atoms with Gasteiger partial charge < -0.3 is 15.6 Å². The topological polar surface area (TPSA) is 55.5 Å². The first-order valence-electron chi connectivity index (χ1n) is 4.00. The van der Waals surface area contributed by atoms with Crippen LogP contribution in [0.4, 0.5) is 4.39 Å². The van der Waals surface area contributed by atoms with Crippen LogP contribution in [0.25, 0.3) is 0 Å². The van der Waals surface area contributed by atoms with Crippen molar-refractivity contribution in [3.63, 3.8) is 0 Å². The van der Waals surface area contributed by atoms with Crippen LogP contribution >= 0.6 is 11.6 Å². The molecule has 1 rings (SSSR count). The molecule has 0 bridgehead atoms. The highest BCUT2D eigenvalue weighted by atomic mass is 35.5. The van der Waals surface area contributed by atoms with Crippen LogP contribution in [0.5, 0.6) is 11.5 Å². The monoisotopic (exact) mass is 219 g/mol. The summed E-state index contributed by atoms with van der Waals surface area (Å²) >= 11 is 5.70. The molecule has 0 saturated heterocycles. The Bertz CT molecular complexity index is 333. The molecule has 1 aromatic carbocycles. The first kappa shape index (κ1) is 11.1. The molecule has 0 amide bonds. The molecule has 0 saturated carbocycles. The van der Waals surface area contributed by atoms with E-state index < -0.39 is 6.17 Å². The predicted octanol–water partition coefficient (Wildman–Crippen LogP) is 2.02. The highest BCUT2D eigenvalue weighted by Gasteiger charge is 2.17. The van der Waals surface area contributed by atoms with Gasteiger partial charge in [-0.1, -0.05) is 11.6 Å². The fourth-order valence-electron chi connectivity index (χ4n) is 1.12. The van der Waals surface area contributed by atoms with Gasteiger partial charge in [0.05, 0.1) is 7.11 Å². The highest BCUT2D eigenvalue weighted by Crippen LogP contribution is 2.37. The second-order valence-corrected chi connectivity index (χ2v) is 3.19. The van der Waals surface area contributed by atoms with E-state index in [4.69, 9.17) is 22.1 Å². The van der Waals surface area contributed by atoms with Gasteiger partial charge in [-0.25, -0.2) is 4.39 Å². The van der Waals surface area contributed by atoms with Crippen LogP contribution < -0.4 is 10.5 Å². The molecule has 78 valence electrons. The van der Waals surface area contributed by atoms with E-state index in [1.54, 1.807) is 0 Å². The lowest BCUT2D eigenvalue weighted by molar-refractivity contribution is 0.325. The van der Waals surface area contributed by atoms with Gasteiger partial charge in [0.1, 0.15) is 6.17 Å². The third-order valence-electron chi connectivity index (χ3n) is 1.83. The lowest BCUT2D eigenvalue weighted by Gasteiger charge is -2.11. The summed E-state index contributed by atoms with van der Waals surface area (Å²) < 4.78 is 18.0. The van der Waals surface area contributed by atoms with E-state index >= 15 is 0 Å². The number of phenolic OH excluding ortho intramolecular Hbond substituents is 1. The van der Waals surface area contributed by atoms with E-state index in [2.05, 4.69) is 0 Å². The Morgan fingerprint density at radius 1 is 1.64 bits per heavy atom. The number of phenols is 1. The second kappa shape index (κ2) is 4.48. The number of halogens is 2. The van der Waals surface area contributed by atoms with Crippen molar-refractivity contribution in [3.8, 4) is 11.5 Å². The van der Waals surface area contributed by atoms with Gasteiger partial charge in [-0.2, -0.15) is 0 Å². The Hall–Kier alpha value is -1.00. The summed E-state index contributed by atoms with van der Waals surface area (Å²) in [6.45, 7) is -0.211. The van der Waals surface area contributed by atoms with Crippen LogP contribution in [0.2, 0.25) is 5.02 Å². The lowest BCUT2D eigenvalue weighted by atomic mass is 10.1. The van der Waals surface area contributed by atoms with Gasteiger partial charge in [-0.15, -0.1) is 0 Å². The first-order valence-corrected chi connectivity index (χ1v) is 4.38. The number of hydrogen-bond acceptors (Lipinski definition) is 3. The second-order valence-electron chi connectivity index (χ2n) is 2.75. The molecule has 0 aliphatic heterocycles. The van der Waals surface area contributed by atoms with Gasteiger partial charge in [0.15, 0.2) is 11.5 Å². The van der Waals surface area contributed by atoms with Crippen LogP contribution in [0, 0.1) is 0 Å². The van der Waals surface area contributed by atoms with Gasteiger partial charge in [-0.3, -0.25) is 0 Å². The van der Waals surface area contributed by atoms with E-state index in [0.717, 1.165) is 0 Å². The molecule has 3 nitrogen and oxygen atoms in total. The van der Waals surface area contributed by atoms with Crippen LogP contribution in [0.3, 0.4) is 0 Å². The quantitative estimate of drug-likeness (QED) is 0.818. The van der Waals surface area contributed by atoms with Crippen molar-refractivity contribution in [2.45, 2.75) is 6.17 Å². The number of hydrogen-bond donors (Lipinski definition) is 2. The molecule has 0 aliphatic carbocycles. The van der Waals surface area contributed by atoms with Crippen molar-refractivity contribution >= 4 is 11.6 Å². The Labute approximate surface area is 86.2 Å². The number of aromatic hydroxyl groups is 1. The zero-order chi connectivity index (χ0) is 10.7. The van der Waals surface area contributed by atoms with Gasteiger partial charge in [0.25, 0.3) is 0 Å². The number of methoxy groups -OCH3 is 1. The lowest BCUT2D eigenvalue weighted by Crippen LogP contribution is -2.08. The minimum Gasteiger partial charge on any atom is -0.504 e. The Kier molecular flexibility index (Phi) is 3.55. The maximum Gasteiger partial charge on any atom is 0.164 e. The zero-order valence-electron chi connectivity index (χ0n) is 7.63. The summed E-state index contributed by atoms with van der Waals surface area (Å²) in [6, 6.07) is 2.74. The van der Waals surface area contributed by atoms with Crippen molar-refractivity contribution in [2.24, 2.45) is 5.73 Å². The van der Waals surface area contributed by atoms with Crippen molar-refractivity contribution in [1.82, 2.24) is 0 Å². The summed E-state index contributed by atoms with van der Waals surface area (Å²) in [4.78, 5) is 0. The zero-order valence-corrected chi connectivity index (χ0v) is 8.38. The van der Waals surface area contributed by atoms with Gasteiger partial charge in [0.2, 0.25) is 0 Å². The number of alkyl halides is 1.